The van der Waals surface area contributed by atoms with Gasteiger partial charge in [0.25, 0.3) is 5.56 Å². The maximum Gasteiger partial charge on any atom is 0.329 e. The van der Waals surface area contributed by atoms with E-state index in [0.29, 0.717) is 6.07 Å². The molecule has 4 rings (SSSR count). The van der Waals surface area contributed by atoms with Crippen LogP contribution in [0.1, 0.15) is 33.5 Å². The summed E-state index contributed by atoms with van der Waals surface area (Å²) in [6.45, 7) is 1.57. The van der Waals surface area contributed by atoms with Crippen molar-refractivity contribution in [1.29, 1.82) is 0 Å². The van der Waals surface area contributed by atoms with Crippen molar-refractivity contribution in [3.05, 3.63) is 123 Å². The summed E-state index contributed by atoms with van der Waals surface area (Å²) in [5, 5.41) is 0. The molecule has 4 aromatic rings. The summed E-state index contributed by atoms with van der Waals surface area (Å²) in [4.78, 5) is 42.8. The Morgan fingerprint density at radius 2 is 1.71 bits per heavy atom. The highest BCUT2D eigenvalue weighted by molar-refractivity contribution is 6.11. The van der Waals surface area contributed by atoms with E-state index >= 15 is 4.39 Å². The predicted molar refractivity (Wildman–Crippen MR) is 145 cm³/mol. The number of ketones is 1. The van der Waals surface area contributed by atoms with Crippen molar-refractivity contribution in [1.82, 2.24) is 10.0 Å². The number of hydroxylamine groups is 1. The van der Waals surface area contributed by atoms with Crippen LogP contribution in [-0.2, 0) is 16.1 Å². The molecule has 0 atom stereocenters. The Balaban J connectivity index is 1.48. The Morgan fingerprint density at radius 1 is 0.951 bits per heavy atom. The Kier molecular flexibility index (Phi) is 9.20. The summed E-state index contributed by atoms with van der Waals surface area (Å²) in [6, 6.07) is 16.4. The van der Waals surface area contributed by atoms with Gasteiger partial charge in [-0.1, -0.05) is 30.3 Å². The van der Waals surface area contributed by atoms with Crippen molar-refractivity contribution in [2.75, 3.05) is 18.9 Å². The number of rotatable bonds is 11. The molecule has 11 heteroatoms. The van der Waals surface area contributed by atoms with Gasteiger partial charge in [0.1, 0.15) is 28.9 Å². The van der Waals surface area contributed by atoms with Crippen LogP contribution in [0.4, 0.5) is 19.0 Å². The first-order valence-electron chi connectivity index (χ1n) is 12.6. The Bertz CT molecular complexity index is 1640. The molecule has 0 saturated carbocycles. The van der Waals surface area contributed by atoms with E-state index in [4.69, 9.17) is 15.3 Å². The molecule has 0 saturated heterocycles. The highest BCUT2D eigenvalue weighted by Gasteiger charge is 2.23. The number of carbonyl (C=O) groups is 2. The number of nitrogens with one attached hydrogen (secondary N) is 1. The molecule has 0 aliphatic heterocycles. The number of aryl methyl sites for hydroxylation is 1. The molecule has 0 aliphatic carbocycles. The van der Waals surface area contributed by atoms with Crippen molar-refractivity contribution in [2.45, 2.75) is 19.8 Å². The zero-order valence-electron chi connectivity index (χ0n) is 22.0. The number of carbonyl (C=O) groups excluding carboxylic acids is 2. The van der Waals surface area contributed by atoms with Crippen molar-refractivity contribution < 1.29 is 32.3 Å². The number of aromatic nitrogens is 1. The van der Waals surface area contributed by atoms with E-state index in [-0.39, 0.29) is 48.4 Å². The number of nitrogens with zero attached hydrogens (tertiary/aromatic N) is 1. The number of anilines is 1. The minimum atomic E-state index is -1.15. The molecular formula is C30H26F3N3O5. The van der Waals surface area contributed by atoms with Crippen molar-refractivity contribution >= 4 is 17.6 Å². The third-order valence-corrected chi connectivity index (χ3v) is 6.07. The standard InChI is InChI=1S/C30H26F3N3O5/c1-18-14-20(8-10-23(18)32)29(39)22-9-11-26(37)36(30(22)34)28-24(33)16-21(31)17-25(28)40-13-5-12-35-41-27(38)15-19-6-3-2-4-7-19/h2-4,6-11,14,16-17,35H,5,12-13,15,34H2,1H3. The van der Waals surface area contributed by atoms with Gasteiger partial charge in [0, 0.05) is 30.3 Å². The molecule has 1 heterocycles. The van der Waals surface area contributed by atoms with Crippen LogP contribution in [0.5, 0.6) is 5.75 Å². The number of hydrogen-bond donors (Lipinski definition) is 2. The number of ether oxygens (including phenoxy) is 1. The SMILES string of the molecule is Cc1cc(C(=O)c2ccc(=O)n(-c3c(F)cc(F)cc3OCCCNOC(=O)Cc3ccccc3)c2N)ccc1F. The normalized spacial score (nSPS) is 10.8. The molecule has 1 aromatic heterocycles. The van der Waals surface area contributed by atoms with Gasteiger partial charge >= 0.3 is 5.97 Å². The van der Waals surface area contributed by atoms with Crippen LogP contribution in [0, 0.1) is 24.4 Å². The molecule has 0 bridgehead atoms. The van der Waals surface area contributed by atoms with Crippen LogP contribution in [-0.4, -0.2) is 29.5 Å². The van der Waals surface area contributed by atoms with Crippen LogP contribution < -0.4 is 21.5 Å². The molecule has 0 fully saturated rings. The van der Waals surface area contributed by atoms with Crippen molar-refractivity contribution in [3.63, 3.8) is 0 Å². The van der Waals surface area contributed by atoms with Gasteiger partial charge in [-0.3, -0.25) is 19.0 Å². The van der Waals surface area contributed by atoms with E-state index in [1.54, 1.807) is 24.3 Å². The summed E-state index contributed by atoms with van der Waals surface area (Å²) in [7, 11) is 0. The number of pyridine rings is 1. The quantitative estimate of drug-likeness (QED) is 0.157. The molecular weight excluding hydrogens is 539 g/mol. The molecule has 212 valence electrons. The minimum absolute atomic E-state index is 0.0782. The molecule has 0 aliphatic rings. The number of nitrogen functional groups attached to an aromatic ring is 1. The zero-order valence-corrected chi connectivity index (χ0v) is 22.0. The van der Waals surface area contributed by atoms with E-state index in [0.717, 1.165) is 28.3 Å². The van der Waals surface area contributed by atoms with Crippen molar-refractivity contribution in [3.8, 4) is 11.4 Å². The van der Waals surface area contributed by atoms with Gasteiger partial charge in [-0.25, -0.2) is 13.2 Å². The van der Waals surface area contributed by atoms with Crippen LogP contribution in [0.3, 0.4) is 0 Å². The maximum atomic E-state index is 15.1. The van der Waals surface area contributed by atoms with E-state index in [1.807, 2.05) is 6.07 Å². The molecule has 0 unspecified atom stereocenters. The lowest BCUT2D eigenvalue weighted by Gasteiger charge is -2.18. The fourth-order valence-electron chi connectivity index (χ4n) is 4.04. The third-order valence-electron chi connectivity index (χ3n) is 6.07. The van der Waals surface area contributed by atoms with Crippen molar-refractivity contribution in [2.24, 2.45) is 0 Å². The van der Waals surface area contributed by atoms with Gasteiger partial charge in [0.15, 0.2) is 11.6 Å². The van der Waals surface area contributed by atoms with Crippen LogP contribution >= 0.6 is 0 Å². The Morgan fingerprint density at radius 3 is 2.44 bits per heavy atom. The second-order valence-corrected chi connectivity index (χ2v) is 9.07. The molecule has 0 spiro atoms. The van der Waals surface area contributed by atoms with E-state index < -0.39 is 46.3 Å². The summed E-state index contributed by atoms with van der Waals surface area (Å²) in [5.74, 6) is -4.48. The van der Waals surface area contributed by atoms with Crippen LogP contribution in [0.2, 0.25) is 0 Å². The summed E-state index contributed by atoms with van der Waals surface area (Å²) < 4.78 is 49.2. The number of nitrogens with two attached hydrogens (primary N) is 1. The summed E-state index contributed by atoms with van der Waals surface area (Å²) in [6.07, 6.45) is 0.331. The second kappa shape index (κ2) is 13.0. The lowest BCUT2D eigenvalue weighted by Crippen LogP contribution is -2.25. The third kappa shape index (κ3) is 7.00. The average molecular weight is 566 g/mol. The van der Waals surface area contributed by atoms with Crippen LogP contribution in [0.25, 0.3) is 5.69 Å². The van der Waals surface area contributed by atoms with E-state index in [9.17, 15) is 23.2 Å². The van der Waals surface area contributed by atoms with Gasteiger partial charge < -0.3 is 15.3 Å². The Labute approximate surface area is 233 Å². The lowest BCUT2D eigenvalue weighted by atomic mass is 10.0. The van der Waals surface area contributed by atoms with E-state index in [1.165, 1.54) is 25.1 Å². The lowest BCUT2D eigenvalue weighted by molar-refractivity contribution is -0.150. The largest absolute Gasteiger partial charge is 0.491 e. The first-order valence-corrected chi connectivity index (χ1v) is 12.6. The molecule has 8 nitrogen and oxygen atoms in total. The topological polar surface area (TPSA) is 113 Å². The van der Waals surface area contributed by atoms with Crippen LogP contribution in [0.15, 0.2) is 77.6 Å². The van der Waals surface area contributed by atoms with E-state index in [2.05, 4.69) is 5.48 Å². The monoisotopic (exact) mass is 565 g/mol. The first-order chi connectivity index (χ1) is 19.7. The zero-order chi connectivity index (χ0) is 29.5. The fourth-order valence-corrected chi connectivity index (χ4v) is 4.04. The average Bonchev–Trinajstić information content (AvgIpc) is 2.93. The highest BCUT2D eigenvalue weighted by Crippen LogP contribution is 2.30. The highest BCUT2D eigenvalue weighted by atomic mass is 19.1. The molecule has 0 amide bonds. The minimum Gasteiger partial charge on any atom is -0.491 e. The number of hydrogen-bond acceptors (Lipinski definition) is 7. The van der Waals surface area contributed by atoms with Gasteiger partial charge in [0.2, 0.25) is 0 Å². The molecule has 3 N–H and O–H groups in total. The van der Waals surface area contributed by atoms with Gasteiger partial charge in [0.05, 0.1) is 18.6 Å². The fraction of sp³-hybridized carbons (Fsp3) is 0.167. The van der Waals surface area contributed by atoms with Gasteiger partial charge in [-0.2, -0.15) is 5.48 Å². The predicted octanol–water partition coefficient (Wildman–Crippen LogP) is 4.44. The second-order valence-electron chi connectivity index (χ2n) is 9.07. The van der Waals surface area contributed by atoms with Gasteiger partial charge in [-0.05, 0) is 48.7 Å². The summed E-state index contributed by atoms with van der Waals surface area (Å²) in [5.41, 5.74) is 8.37. The first kappa shape index (κ1) is 29.1. The molecule has 41 heavy (non-hydrogen) atoms. The Hall–Kier alpha value is -4.90. The number of benzene rings is 3. The molecule has 0 radical (unpaired) electrons. The summed E-state index contributed by atoms with van der Waals surface area (Å²) >= 11 is 0. The molecule has 3 aromatic carbocycles. The van der Waals surface area contributed by atoms with Gasteiger partial charge in [-0.15, -0.1) is 0 Å². The number of halogens is 3. The maximum absolute atomic E-state index is 15.1. The smallest absolute Gasteiger partial charge is 0.329 e.